The van der Waals surface area contributed by atoms with Crippen LogP contribution in [-0.2, 0) is 9.53 Å². The molecule has 0 aliphatic carbocycles. The van der Waals surface area contributed by atoms with Gasteiger partial charge in [0.1, 0.15) is 11.5 Å². The summed E-state index contributed by atoms with van der Waals surface area (Å²) in [5.74, 6) is 1.38. The Balaban J connectivity index is 1.83. The lowest BCUT2D eigenvalue weighted by Gasteiger charge is -2.20. The maximum Gasteiger partial charge on any atom is 0.229 e. The van der Waals surface area contributed by atoms with Gasteiger partial charge in [-0.3, -0.25) is 4.79 Å². The number of carbonyl (C=O) groups is 1. The zero-order valence-corrected chi connectivity index (χ0v) is 13.4. The quantitative estimate of drug-likeness (QED) is 0.937. The van der Waals surface area contributed by atoms with Crippen molar-refractivity contribution in [2.75, 3.05) is 32.8 Å². The van der Waals surface area contributed by atoms with Gasteiger partial charge in [0.25, 0.3) is 0 Å². The van der Waals surface area contributed by atoms with Gasteiger partial charge in [-0.2, -0.15) is 0 Å². The third-order valence-corrected chi connectivity index (χ3v) is 4.71. The van der Waals surface area contributed by atoms with Crippen molar-refractivity contribution < 1.29 is 19.0 Å². The molecule has 1 aromatic heterocycles. The summed E-state index contributed by atoms with van der Waals surface area (Å²) in [6.45, 7) is 1.28. The number of benzene rings is 1. The largest absolute Gasteiger partial charge is 0.497 e. The Morgan fingerprint density at radius 1 is 1.32 bits per heavy atom. The number of hydrogen-bond acceptors (Lipinski definition) is 6. The summed E-state index contributed by atoms with van der Waals surface area (Å²) in [6, 6.07) is 3.64. The second kappa shape index (κ2) is 6.50. The molecule has 6 nitrogen and oxygen atoms in total. The van der Waals surface area contributed by atoms with E-state index in [1.165, 1.54) is 11.3 Å². The number of hydrogen-bond donors (Lipinski definition) is 1. The van der Waals surface area contributed by atoms with Crippen LogP contribution in [0.15, 0.2) is 12.1 Å². The van der Waals surface area contributed by atoms with Crippen molar-refractivity contribution in [3.63, 3.8) is 0 Å². The number of nitrogens with one attached hydrogen (secondary N) is 1. The van der Waals surface area contributed by atoms with E-state index in [0.717, 1.165) is 23.1 Å². The molecule has 1 aliphatic heterocycles. The third-order valence-electron chi connectivity index (χ3n) is 3.71. The van der Waals surface area contributed by atoms with Crippen molar-refractivity contribution >= 4 is 32.6 Å². The lowest BCUT2D eigenvalue weighted by atomic mass is 10.00. The molecule has 0 spiro atoms. The van der Waals surface area contributed by atoms with Crippen molar-refractivity contribution in [3.8, 4) is 11.5 Å². The molecule has 1 aromatic carbocycles. The molecular weight excluding hydrogens is 304 g/mol. The van der Waals surface area contributed by atoms with E-state index in [-0.39, 0.29) is 11.8 Å². The van der Waals surface area contributed by atoms with Crippen LogP contribution in [0.5, 0.6) is 11.5 Å². The monoisotopic (exact) mass is 322 g/mol. The Kier molecular flexibility index (Phi) is 4.44. The van der Waals surface area contributed by atoms with Crippen LogP contribution < -0.4 is 14.8 Å². The molecule has 1 saturated heterocycles. The molecule has 3 rings (SSSR count). The number of aromatic nitrogens is 1. The number of methoxy groups -OCH3 is 2. The molecule has 1 fully saturated rings. The van der Waals surface area contributed by atoms with Gasteiger partial charge in [0, 0.05) is 31.3 Å². The van der Waals surface area contributed by atoms with Gasteiger partial charge in [0.05, 0.1) is 24.4 Å². The van der Waals surface area contributed by atoms with E-state index in [4.69, 9.17) is 14.2 Å². The lowest BCUT2D eigenvalue weighted by molar-refractivity contribution is -0.122. The Morgan fingerprint density at radius 2 is 2.09 bits per heavy atom. The fourth-order valence-corrected chi connectivity index (χ4v) is 3.41. The minimum absolute atomic E-state index is 0.00260. The molecule has 1 N–H and O–H groups in total. The van der Waals surface area contributed by atoms with Crippen LogP contribution in [0.3, 0.4) is 0 Å². The summed E-state index contributed by atoms with van der Waals surface area (Å²) in [5, 5.41) is 3.49. The Bertz CT molecular complexity index is 679. The van der Waals surface area contributed by atoms with Gasteiger partial charge < -0.3 is 19.5 Å². The van der Waals surface area contributed by atoms with E-state index in [2.05, 4.69) is 10.3 Å². The first-order valence-corrected chi connectivity index (χ1v) is 7.94. The predicted molar refractivity (Wildman–Crippen MR) is 84.9 cm³/mol. The van der Waals surface area contributed by atoms with Gasteiger partial charge >= 0.3 is 0 Å². The number of rotatable bonds is 4. The smallest absolute Gasteiger partial charge is 0.229 e. The lowest BCUT2D eigenvalue weighted by Crippen LogP contribution is -2.28. The maximum absolute atomic E-state index is 12.3. The van der Waals surface area contributed by atoms with Crippen molar-refractivity contribution in [2.45, 2.75) is 12.8 Å². The molecule has 1 amide bonds. The molecule has 2 aromatic rings. The standard InChI is InChI=1S/C15H18N2O4S/c1-19-10-7-11-13(12(8-10)20-2)22-15(16-11)17-14(18)9-3-5-21-6-4-9/h7-9H,3-6H2,1-2H3,(H,16,17,18). The summed E-state index contributed by atoms with van der Waals surface area (Å²) in [5.41, 5.74) is 0.753. The van der Waals surface area contributed by atoms with E-state index in [0.29, 0.717) is 29.8 Å². The average molecular weight is 322 g/mol. The SMILES string of the molecule is COc1cc(OC)c2sc(NC(=O)C3CCOCC3)nc2c1. The second-order valence-corrected chi connectivity index (χ2v) is 6.07. The highest BCUT2D eigenvalue weighted by atomic mass is 32.1. The maximum atomic E-state index is 12.3. The fraction of sp³-hybridized carbons (Fsp3) is 0.467. The molecular formula is C15H18N2O4S. The number of thiazole rings is 1. The summed E-state index contributed by atoms with van der Waals surface area (Å²) in [4.78, 5) is 16.7. The highest BCUT2D eigenvalue weighted by molar-refractivity contribution is 7.22. The second-order valence-electron chi connectivity index (χ2n) is 5.07. The van der Waals surface area contributed by atoms with Crippen LogP contribution in [0.1, 0.15) is 12.8 Å². The topological polar surface area (TPSA) is 69.7 Å². The van der Waals surface area contributed by atoms with Crippen molar-refractivity contribution in [1.29, 1.82) is 0 Å². The van der Waals surface area contributed by atoms with E-state index < -0.39 is 0 Å². The molecule has 0 unspecified atom stereocenters. The van der Waals surface area contributed by atoms with Crippen LogP contribution in [0.2, 0.25) is 0 Å². The highest BCUT2D eigenvalue weighted by Gasteiger charge is 2.23. The zero-order chi connectivity index (χ0) is 15.5. The summed E-state index contributed by atoms with van der Waals surface area (Å²) >= 11 is 1.41. The van der Waals surface area contributed by atoms with E-state index in [1.807, 2.05) is 12.1 Å². The van der Waals surface area contributed by atoms with Crippen LogP contribution >= 0.6 is 11.3 Å². The first kappa shape index (κ1) is 15.1. The number of carbonyl (C=O) groups excluding carboxylic acids is 1. The van der Waals surface area contributed by atoms with E-state index in [1.54, 1.807) is 14.2 Å². The van der Waals surface area contributed by atoms with Gasteiger partial charge in [-0.1, -0.05) is 11.3 Å². The number of amides is 1. The van der Waals surface area contributed by atoms with Crippen LogP contribution in [-0.4, -0.2) is 38.3 Å². The molecule has 0 saturated carbocycles. The first-order chi connectivity index (χ1) is 10.7. The number of fused-ring (bicyclic) bond motifs is 1. The molecule has 1 aliphatic rings. The van der Waals surface area contributed by atoms with Crippen molar-refractivity contribution in [3.05, 3.63) is 12.1 Å². The minimum atomic E-state index is -0.00260. The molecule has 0 atom stereocenters. The predicted octanol–water partition coefficient (Wildman–Crippen LogP) is 2.68. The number of anilines is 1. The Hall–Kier alpha value is -1.86. The van der Waals surface area contributed by atoms with E-state index in [9.17, 15) is 4.79 Å². The first-order valence-electron chi connectivity index (χ1n) is 7.12. The minimum Gasteiger partial charge on any atom is -0.497 e. The van der Waals surface area contributed by atoms with Crippen LogP contribution in [0, 0.1) is 5.92 Å². The van der Waals surface area contributed by atoms with Gasteiger partial charge in [0.2, 0.25) is 5.91 Å². The third kappa shape index (κ3) is 3.00. The normalized spacial score (nSPS) is 15.7. The van der Waals surface area contributed by atoms with Gasteiger partial charge in [-0.05, 0) is 12.8 Å². The van der Waals surface area contributed by atoms with E-state index >= 15 is 0 Å². The summed E-state index contributed by atoms with van der Waals surface area (Å²) in [7, 11) is 3.20. The Morgan fingerprint density at radius 3 is 2.77 bits per heavy atom. The molecule has 118 valence electrons. The van der Waals surface area contributed by atoms with Gasteiger partial charge in [0.15, 0.2) is 5.13 Å². The average Bonchev–Trinajstić information content (AvgIpc) is 2.96. The summed E-state index contributed by atoms with van der Waals surface area (Å²) in [6.07, 6.45) is 1.52. The van der Waals surface area contributed by atoms with Crippen molar-refractivity contribution in [2.24, 2.45) is 5.92 Å². The highest BCUT2D eigenvalue weighted by Crippen LogP contribution is 2.37. The number of ether oxygens (including phenoxy) is 3. The zero-order valence-electron chi connectivity index (χ0n) is 12.5. The Labute approximate surface area is 132 Å². The van der Waals surface area contributed by atoms with Crippen LogP contribution in [0.4, 0.5) is 5.13 Å². The van der Waals surface area contributed by atoms with Crippen LogP contribution in [0.25, 0.3) is 10.2 Å². The molecule has 2 heterocycles. The molecule has 22 heavy (non-hydrogen) atoms. The molecule has 0 radical (unpaired) electrons. The van der Waals surface area contributed by atoms with Gasteiger partial charge in [-0.25, -0.2) is 4.98 Å². The van der Waals surface area contributed by atoms with Crippen molar-refractivity contribution in [1.82, 2.24) is 4.98 Å². The molecule has 7 heteroatoms. The summed E-state index contributed by atoms with van der Waals surface area (Å²) < 4.78 is 16.8. The van der Waals surface area contributed by atoms with Gasteiger partial charge in [-0.15, -0.1) is 0 Å². The number of nitrogens with zero attached hydrogens (tertiary/aromatic N) is 1. The fourth-order valence-electron chi connectivity index (χ4n) is 2.47. The molecule has 0 bridgehead atoms.